The Balaban J connectivity index is 2.03. The molecule has 2 aromatic carbocycles. The van der Waals surface area contributed by atoms with Crippen molar-refractivity contribution < 1.29 is 18.4 Å². The first kappa shape index (κ1) is 17.0. The zero-order chi connectivity index (χ0) is 18.3. The summed E-state index contributed by atoms with van der Waals surface area (Å²) in [6.45, 7) is 3.14. The van der Waals surface area contributed by atoms with Crippen LogP contribution in [0.3, 0.4) is 0 Å². The SMILES string of the molecule is Cc1c(F)cc(C(N)=O)cc1NC(=O)c1sc2cccc(F)c2c1C. The number of hydrogen-bond acceptors (Lipinski definition) is 3. The van der Waals surface area contributed by atoms with Crippen LogP contribution in [0.4, 0.5) is 14.5 Å². The lowest BCUT2D eigenvalue weighted by Crippen LogP contribution is -2.16. The molecule has 0 radical (unpaired) electrons. The van der Waals surface area contributed by atoms with E-state index in [1.54, 1.807) is 19.1 Å². The van der Waals surface area contributed by atoms with Gasteiger partial charge in [0.05, 0.1) is 4.88 Å². The van der Waals surface area contributed by atoms with Crippen LogP contribution in [0.1, 0.15) is 31.2 Å². The number of aryl methyl sites for hydroxylation is 1. The maximum atomic E-state index is 14.0. The Hall–Kier alpha value is -2.80. The van der Waals surface area contributed by atoms with E-state index < -0.39 is 23.4 Å². The first-order valence-electron chi connectivity index (χ1n) is 7.38. The number of nitrogens with one attached hydrogen (secondary N) is 1. The topological polar surface area (TPSA) is 72.2 Å². The Morgan fingerprint density at radius 2 is 1.80 bits per heavy atom. The molecule has 0 aliphatic heterocycles. The van der Waals surface area contributed by atoms with Crippen LogP contribution in [-0.2, 0) is 0 Å². The molecule has 0 fully saturated rings. The maximum Gasteiger partial charge on any atom is 0.266 e. The molecule has 1 heterocycles. The number of primary amides is 1. The predicted molar refractivity (Wildman–Crippen MR) is 94.1 cm³/mol. The number of carbonyl (C=O) groups is 2. The highest BCUT2D eigenvalue weighted by molar-refractivity contribution is 7.21. The number of carbonyl (C=O) groups excluding carboxylic acids is 2. The van der Waals surface area contributed by atoms with Crippen molar-refractivity contribution in [3.05, 3.63) is 63.5 Å². The molecule has 1 aromatic heterocycles. The predicted octanol–water partition coefficient (Wildman–Crippen LogP) is 4.15. The molecule has 2 amide bonds. The molecule has 0 aliphatic rings. The number of benzene rings is 2. The molecule has 0 spiro atoms. The van der Waals surface area contributed by atoms with Gasteiger partial charge in [-0.15, -0.1) is 11.3 Å². The van der Waals surface area contributed by atoms with Crippen molar-refractivity contribution in [3.63, 3.8) is 0 Å². The average molecular weight is 360 g/mol. The highest BCUT2D eigenvalue weighted by Gasteiger charge is 2.19. The Labute approximate surface area is 146 Å². The standard InChI is InChI=1S/C18H14F2N2O2S/c1-8-12(20)6-10(17(21)23)7-13(8)22-18(24)16-9(2)15-11(19)4-3-5-14(15)25-16/h3-7H,1-2H3,(H2,21,23)(H,22,24). The van der Waals surface area contributed by atoms with E-state index in [0.29, 0.717) is 20.5 Å². The normalized spacial score (nSPS) is 10.9. The Kier molecular flexibility index (Phi) is 4.26. The second-order valence-electron chi connectivity index (χ2n) is 5.62. The summed E-state index contributed by atoms with van der Waals surface area (Å²) >= 11 is 1.15. The van der Waals surface area contributed by atoms with E-state index in [0.717, 1.165) is 17.4 Å². The van der Waals surface area contributed by atoms with Crippen LogP contribution >= 0.6 is 11.3 Å². The minimum Gasteiger partial charge on any atom is -0.366 e. The second-order valence-corrected chi connectivity index (χ2v) is 6.67. The number of fused-ring (bicyclic) bond motifs is 1. The van der Waals surface area contributed by atoms with E-state index in [1.807, 2.05) is 0 Å². The third-order valence-electron chi connectivity index (χ3n) is 3.99. The van der Waals surface area contributed by atoms with Gasteiger partial charge in [-0.1, -0.05) is 6.07 Å². The van der Waals surface area contributed by atoms with E-state index >= 15 is 0 Å². The summed E-state index contributed by atoms with van der Waals surface area (Å²) in [6.07, 6.45) is 0. The number of rotatable bonds is 3. The second kappa shape index (κ2) is 6.25. The monoisotopic (exact) mass is 360 g/mol. The van der Waals surface area contributed by atoms with Gasteiger partial charge in [0.25, 0.3) is 5.91 Å². The lowest BCUT2D eigenvalue weighted by molar-refractivity contribution is 0.0996. The van der Waals surface area contributed by atoms with Gasteiger partial charge in [-0.3, -0.25) is 9.59 Å². The van der Waals surface area contributed by atoms with Gasteiger partial charge >= 0.3 is 0 Å². The zero-order valence-electron chi connectivity index (χ0n) is 13.4. The quantitative estimate of drug-likeness (QED) is 0.736. The van der Waals surface area contributed by atoms with Crippen LogP contribution < -0.4 is 11.1 Å². The summed E-state index contributed by atoms with van der Waals surface area (Å²) in [5.74, 6) is -2.34. The van der Waals surface area contributed by atoms with E-state index in [-0.39, 0.29) is 16.8 Å². The molecule has 4 nitrogen and oxygen atoms in total. The molecule has 0 saturated carbocycles. The fraction of sp³-hybridized carbons (Fsp3) is 0.111. The lowest BCUT2D eigenvalue weighted by Gasteiger charge is -2.10. The summed E-state index contributed by atoms with van der Waals surface area (Å²) in [5.41, 5.74) is 5.98. The molecule has 0 saturated heterocycles. The number of hydrogen-bond donors (Lipinski definition) is 2. The van der Waals surface area contributed by atoms with Crippen molar-refractivity contribution in [1.29, 1.82) is 0 Å². The van der Waals surface area contributed by atoms with Crippen LogP contribution in [0.15, 0.2) is 30.3 Å². The molecule has 0 unspecified atom stereocenters. The van der Waals surface area contributed by atoms with Crippen molar-refractivity contribution in [2.45, 2.75) is 13.8 Å². The highest BCUT2D eigenvalue weighted by Crippen LogP contribution is 2.33. The van der Waals surface area contributed by atoms with Crippen LogP contribution in [-0.4, -0.2) is 11.8 Å². The van der Waals surface area contributed by atoms with Gasteiger partial charge in [0.2, 0.25) is 5.91 Å². The largest absolute Gasteiger partial charge is 0.366 e. The highest BCUT2D eigenvalue weighted by atomic mass is 32.1. The molecule has 7 heteroatoms. The fourth-order valence-electron chi connectivity index (χ4n) is 2.60. The number of thiophene rings is 1. The van der Waals surface area contributed by atoms with Crippen molar-refractivity contribution >= 4 is 38.9 Å². The fourth-order valence-corrected chi connectivity index (χ4v) is 3.72. The third-order valence-corrected chi connectivity index (χ3v) is 5.24. The van der Waals surface area contributed by atoms with Crippen molar-refractivity contribution in [2.24, 2.45) is 5.73 Å². The number of nitrogens with two attached hydrogens (primary N) is 1. The summed E-state index contributed by atoms with van der Waals surface area (Å²) in [7, 11) is 0. The summed E-state index contributed by atoms with van der Waals surface area (Å²) < 4.78 is 28.6. The van der Waals surface area contributed by atoms with Crippen LogP contribution in [0.2, 0.25) is 0 Å². The summed E-state index contributed by atoms with van der Waals surface area (Å²) in [6, 6.07) is 6.98. The Morgan fingerprint density at radius 1 is 1.08 bits per heavy atom. The number of halogens is 2. The molecule has 3 N–H and O–H groups in total. The lowest BCUT2D eigenvalue weighted by atomic mass is 10.1. The minimum atomic E-state index is -0.797. The zero-order valence-corrected chi connectivity index (χ0v) is 14.3. The van der Waals surface area contributed by atoms with Crippen LogP contribution in [0.5, 0.6) is 0 Å². The molecule has 3 rings (SSSR count). The first-order valence-corrected chi connectivity index (χ1v) is 8.20. The van der Waals surface area contributed by atoms with E-state index in [4.69, 9.17) is 5.73 Å². The molecule has 0 aliphatic carbocycles. The molecule has 128 valence electrons. The van der Waals surface area contributed by atoms with Crippen LogP contribution in [0.25, 0.3) is 10.1 Å². The molecule has 25 heavy (non-hydrogen) atoms. The molecule has 3 aromatic rings. The molecular weight excluding hydrogens is 346 g/mol. The maximum absolute atomic E-state index is 14.0. The minimum absolute atomic E-state index is 0.0440. The van der Waals surface area contributed by atoms with E-state index in [1.165, 1.54) is 19.1 Å². The Bertz CT molecular complexity index is 1030. The molecule has 0 atom stereocenters. The summed E-state index contributed by atoms with van der Waals surface area (Å²) in [5, 5.41) is 2.98. The third kappa shape index (κ3) is 2.98. The van der Waals surface area contributed by atoms with E-state index in [9.17, 15) is 18.4 Å². The van der Waals surface area contributed by atoms with Gasteiger partial charge in [-0.05, 0) is 43.7 Å². The smallest absolute Gasteiger partial charge is 0.266 e. The molecular formula is C18H14F2N2O2S. The van der Waals surface area contributed by atoms with Gasteiger partial charge in [0.1, 0.15) is 11.6 Å². The number of amides is 2. The summed E-state index contributed by atoms with van der Waals surface area (Å²) in [4.78, 5) is 24.2. The van der Waals surface area contributed by atoms with Crippen molar-refractivity contribution in [1.82, 2.24) is 0 Å². The van der Waals surface area contributed by atoms with E-state index in [2.05, 4.69) is 5.32 Å². The van der Waals surface area contributed by atoms with Crippen LogP contribution in [0, 0.1) is 25.5 Å². The van der Waals surface area contributed by atoms with Gasteiger partial charge in [0.15, 0.2) is 0 Å². The van der Waals surface area contributed by atoms with Gasteiger partial charge in [-0.2, -0.15) is 0 Å². The molecule has 0 bridgehead atoms. The Morgan fingerprint density at radius 3 is 2.44 bits per heavy atom. The van der Waals surface area contributed by atoms with Crippen molar-refractivity contribution in [2.75, 3.05) is 5.32 Å². The van der Waals surface area contributed by atoms with Gasteiger partial charge < -0.3 is 11.1 Å². The van der Waals surface area contributed by atoms with Gasteiger partial charge in [-0.25, -0.2) is 8.78 Å². The average Bonchev–Trinajstić information content (AvgIpc) is 2.89. The number of anilines is 1. The van der Waals surface area contributed by atoms with Gasteiger partial charge in [0, 0.05) is 26.9 Å². The first-order chi connectivity index (χ1) is 11.8. The van der Waals surface area contributed by atoms with Crippen molar-refractivity contribution in [3.8, 4) is 0 Å².